The average molecular weight is 391 g/mol. The highest BCUT2D eigenvalue weighted by atomic mass is 32.1. The van der Waals surface area contributed by atoms with Crippen molar-refractivity contribution in [2.24, 2.45) is 0 Å². The van der Waals surface area contributed by atoms with Crippen LogP contribution < -0.4 is 14.8 Å². The highest BCUT2D eigenvalue weighted by Gasteiger charge is 2.08. The van der Waals surface area contributed by atoms with Crippen molar-refractivity contribution in [3.63, 3.8) is 0 Å². The van der Waals surface area contributed by atoms with Gasteiger partial charge in [0, 0.05) is 6.07 Å². The van der Waals surface area contributed by atoms with Crippen LogP contribution in [-0.2, 0) is 0 Å². The van der Waals surface area contributed by atoms with Gasteiger partial charge in [-0.3, -0.25) is 5.32 Å². The number of rotatable bonds is 3. The number of para-hydroxylation sites is 1. The van der Waals surface area contributed by atoms with Crippen molar-refractivity contribution >= 4 is 28.2 Å². The van der Waals surface area contributed by atoms with E-state index in [0.29, 0.717) is 33.0 Å². The van der Waals surface area contributed by atoms with Crippen LogP contribution in [0.4, 0.5) is 9.93 Å². The SMILES string of the molecule is COc1ccc2ncc(C#Cc3cnc(NC(=O)Oc4ccccc4)s3)n2n1. The predicted octanol–water partition coefficient (Wildman–Crippen LogP) is 3.21. The molecule has 0 saturated carbocycles. The Morgan fingerprint density at radius 3 is 2.79 bits per heavy atom. The van der Waals surface area contributed by atoms with E-state index in [2.05, 4.69) is 32.2 Å². The van der Waals surface area contributed by atoms with E-state index in [1.54, 1.807) is 60.4 Å². The van der Waals surface area contributed by atoms with Crippen LogP contribution in [0, 0.1) is 11.8 Å². The lowest BCUT2D eigenvalue weighted by Crippen LogP contribution is -2.16. The van der Waals surface area contributed by atoms with Gasteiger partial charge in [0.1, 0.15) is 11.4 Å². The molecule has 4 rings (SSSR count). The van der Waals surface area contributed by atoms with E-state index in [1.165, 1.54) is 11.3 Å². The second-order valence-electron chi connectivity index (χ2n) is 5.40. The summed E-state index contributed by atoms with van der Waals surface area (Å²) in [5.74, 6) is 6.91. The molecule has 8 nitrogen and oxygen atoms in total. The summed E-state index contributed by atoms with van der Waals surface area (Å²) in [7, 11) is 1.55. The number of amides is 1. The number of fused-ring (bicyclic) bond motifs is 1. The molecule has 9 heteroatoms. The van der Waals surface area contributed by atoms with Crippen LogP contribution in [0.25, 0.3) is 5.65 Å². The number of thiazole rings is 1. The minimum atomic E-state index is -0.613. The number of aromatic nitrogens is 4. The van der Waals surface area contributed by atoms with E-state index in [1.807, 2.05) is 6.07 Å². The maximum Gasteiger partial charge on any atom is 0.418 e. The van der Waals surface area contributed by atoms with Crippen LogP contribution in [0.2, 0.25) is 0 Å². The van der Waals surface area contributed by atoms with E-state index in [0.717, 1.165) is 0 Å². The molecule has 1 amide bonds. The molecule has 4 aromatic rings. The van der Waals surface area contributed by atoms with Gasteiger partial charge in [0.05, 0.1) is 24.4 Å². The second-order valence-corrected chi connectivity index (χ2v) is 6.43. The molecular weight excluding hydrogens is 378 g/mol. The molecule has 0 spiro atoms. The highest BCUT2D eigenvalue weighted by Crippen LogP contribution is 2.18. The number of hydrogen-bond acceptors (Lipinski definition) is 7. The Morgan fingerprint density at radius 2 is 1.96 bits per heavy atom. The molecule has 0 unspecified atom stereocenters. The number of anilines is 1. The normalized spacial score (nSPS) is 10.2. The van der Waals surface area contributed by atoms with Gasteiger partial charge in [0.2, 0.25) is 5.88 Å². The molecule has 28 heavy (non-hydrogen) atoms. The van der Waals surface area contributed by atoms with Gasteiger partial charge in [-0.25, -0.2) is 19.3 Å². The van der Waals surface area contributed by atoms with Crippen molar-refractivity contribution in [1.29, 1.82) is 0 Å². The molecule has 3 heterocycles. The van der Waals surface area contributed by atoms with Crippen LogP contribution in [0.5, 0.6) is 11.6 Å². The fraction of sp³-hybridized carbons (Fsp3) is 0.0526. The summed E-state index contributed by atoms with van der Waals surface area (Å²) in [6.45, 7) is 0. The summed E-state index contributed by atoms with van der Waals surface area (Å²) in [6.07, 6.45) is 2.59. The van der Waals surface area contributed by atoms with Crippen molar-refractivity contribution in [1.82, 2.24) is 19.6 Å². The summed E-state index contributed by atoms with van der Waals surface area (Å²) < 4.78 is 11.9. The van der Waals surface area contributed by atoms with Crippen LogP contribution >= 0.6 is 11.3 Å². The van der Waals surface area contributed by atoms with Gasteiger partial charge < -0.3 is 9.47 Å². The fourth-order valence-corrected chi connectivity index (χ4v) is 2.93. The van der Waals surface area contributed by atoms with Gasteiger partial charge in [0.15, 0.2) is 10.8 Å². The zero-order valence-corrected chi connectivity index (χ0v) is 15.4. The highest BCUT2D eigenvalue weighted by molar-refractivity contribution is 7.16. The minimum absolute atomic E-state index is 0.392. The lowest BCUT2D eigenvalue weighted by Gasteiger charge is -2.03. The fourth-order valence-electron chi connectivity index (χ4n) is 2.27. The molecule has 3 aromatic heterocycles. The Kier molecular flexibility index (Phi) is 4.86. The van der Waals surface area contributed by atoms with Crippen molar-refractivity contribution < 1.29 is 14.3 Å². The third kappa shape index (κ3) is 3.92. The maximum atomic E-state index is 11.9. The molecule has 138 valence electrons. The monoisotopic (exact) mass is 391 g/mol. The molecule has 0 aliphatic heterocycles. The number of nitrogens with one attached hydrogen (secondary N) is 1. The number of carbonyl (C=O) groups is 1. The van der Waals surface area contributed by atoms with Crippen molar-refractivity contribution in [2.45, 2.75) is 0 Å². The number of hydrogen-bond donors (Lipinski definition) is 1. The molecular formula is C19H13N5O3S. The summed E-state index contributed by atoms with van der Waals surface area (Å²) in [4.78, 5) is 21.0. The van der Waals surface area contributed by atoms with Crippen molar-refractivity contribution in [3.05, 3.63) is 65.4 Å². The van der Waals surface area contributed by atoms with E-state index in [9.17, 15) is 4.79 Å². The second kappa shape index (κ2) is 7.77. The number of ether oxygens (including phenoxy) is 2. The number of nitrogens with zero attached hydrogens (tertiary/aromatic N) is 4. The summed E-state index contributed by atoms with van der Waals surface area (Å²) in [5, 5.41) is 7.27. The van der Waals surface area contributed by atoms with E-state index in [-0.39, 0.29) is 0 Å². The summed E-state index contributed by atoms with van der Waals surface area (Å²) in [5.41, 5.74) is 1.28. The van der Waals surface area contributed by atoms with E-state index >= 15 is 0 Å². The van der Waals surface area contributed by atoms with Crippen LogP contribution in [-0.4, -0.2) is 32.8 Å². The van der Waals surface area contributed by atoms with Crippen LogP contribution in [0.3, 0.4) is 0 Å². The first-order valence-electron chi connectivity index (χ1n) is 8.12. The van der Waals surface area contributed by atoms with Crippen LogP contribution in [0.15, 0.2) is 54.9 Å². The standard InChI is InChI=1S/C19H13N5O3S/c1-26-17-10-9-16-20-11-13(24(16)23-17)7-8-15-12-21-18(28-15)22-19(25)27-14-5-3-2-4-6-14/h2-6,9-12H,1H3,(H,21,22,25). The first-order valence-corrected chi connectivity index (χ1v) is 8.93. The van der Waals surface area contributed by atoms with Gasteiger partial charge in [-0.05, 0) is 30.0 Å². The van der Waals surface area contributed by atoms with Gasteiger partial charge in [-0.15, -0.1) is 5.10 Å². The number of imidazole rings is 1. The molecule has 0 saturated heterocycles. The summed E-state index contributed by atoms with van der Waals surface area (Å²) in [6, 6.07) is 12.3. The van der Waals surface area contributed by atoms with Crippen LogP contribution in [0.1, 0.15) is 10.6 Å². The van der Waals surface area contributed by atoms with Crippen molar-refractivity contribution in [3.8, 4) is 23.5 Å². The first-order chi connectivity index (χ1) is 13.7. The largest absolute Gasteiger partial charge is 0.480 e. The van der Waals surface area contributed by atoms with Gasteiger partial charge >= 0.3 is 6.09 Å². The Labute approximate surface area is 163 Å². The quantitative estimate of drug-likeness (QED) is 0.540. The number of benzene rings is 1. The third-order valence-corrected chi connectivity index (χ3v) is 4.36. The Balaban J connectivity index is 1.46. The smallest absolute Gasteiger partial charge is 0.418 e. The third-order valence-electron chi connectivity index (χ3n) is 3.53. The Hall–Kier alpha value is -3.90. The molecule has 0 radical (unpaired) electrons. The maximum absolute atomic E-state index is 11.9. The molecule has 1 aromatic carbocycles. The average Bonchev–Trinajstić information content (AvgIpc) is 3.33. The number of carbonyl (C=O) groups excluding carboxylic acids is 1. The minimum Gasteiger partial charge on any atom is -0.480 e. The van der Waals surface area contributed by atoms with E-state index < -0.39 is 6.09 Å². The molecule has 0 bridgehead atoms. The lowest BCUT2D eigenvalue weighted by atomic mass is 10.3. The predicted molar refractivity (Wildman–Crippen MR) is 104 cm³/mol. The van der Waals surface area contributed by atoms with Crippen molar-refractivity contribution in [2.75, 3.05) is 12.4 Å². The Bertz CT molecular complexity index is 1190. The molecule has 0 aliphatic rings. The summed E-state index contributed by atoms with van der Waals surface area (Å²) >= 11 is 1.24. The van der Waals surface area contributed by atoms with Gasteiger partial charge in [-0.1, -0.05) is 29.5 Å². The van der Waals surface area contributed by atoms with Gasteiger partial charge in [-0.2, -0.15) is 0 Å². The zero-order valence-electron chi connectivity index (χ0n) is 14.6. The first kappa shape index (κ1) is 17.5. The molecule has 0 atom stereocenters. The molecule has 0 fully saturated rings. The van der Waals surface area contributed by atoms with Gasteiger partial charge in [0.25, 0.3) is 0 Å². The molecule has 0 aliphatic carbocycles. The molecule has 1 N–H and O–H groups in total. The van der Waals surface area contributed by atoms with E-state index in [4.69, 9.17) is 9.47 Å². The lowest BCUT2D eigenvalue weighted by molar-refractivity contribution is 0.215. The number of methoxy groups -OCH3 is 1. The Morgan fingerprint density at radius 1 is 1.11 bits per heavy atom. The topological polar surface area (TPSA) is 90.6 Å². The zero-order chi connectivity index (χ0) is 19.3.